The third-order valence-electron chi connectivity index (χ3n) is 2.32. The van der Waals surface area contributed by atoms with E-state index in [1.807, 2.05) is 0 Å². The number of allylic oxidation sites excluding steroid dienone is 4. The SMILES string of the molecule is BrC1(Br)C=CC=CC1C1CC1. The van der Waals surface area contributed by atoms with Crippen LogP contribution in [0.5, 0.6) is 0 Å². The second-order valence-corrected chi connectivity index (χ2v) is 6.97. The molecule has 0 aromatic rings. The molecule has 1 unspecified atom stereocenters. The van der Waals surface area contributed by atoms with E-state index in [2.05, 4.69) is 56.2 Å². The Labute approximate surface area is 84.0 Å². The van der Waals surface area contributed by atoms with Gasteiger partial charge >= 0.3 is 0 Å². The molecule has 11 heavy (non-hydrogen) atoms. The van der Waals surface area contributed by atoms with Gasteiger partial charge in [-0.2, -0.15) is 0 Å². The maximum Gasteiger partial charge on any atom is 0.105 e. The Balaban J connectivity index is 2.17. The maximum absolute atomic E-state index is 3.68. The summed E-state index contributed by atoms with van der Waals surface area (Å²) in [5, 5.41) is 0. The lowest BCUT2D eigenvalue weighted by atomic mass is 9.96. The van der Waals surface area contributed by atoms with E-state index in [4.69, 9.17) is 0 Å². The molecular weight excluding hydrogens is 268 g/mol. The summed E-state index contributed by atoms with van der Waals surface area (Å²) >= 11 is 7.36. The van der Waals surface area contributed by atoms with E-state index in [1.165, 1.54) is 12.8 Å². The van der Waals surface area contributed by atoms with E-state index in [0.29, 0.717) is 5.92 Å². The molecule has 0 aromatic carbocycles. The van der Waals surface area contributed by atoms with Crippen molar-refractivity contribution >= 4 is 31.9 Å². The second kappa shape index (κ2) is 2.74. The van der Waals surface area contributed by atoms with Crippen LogP contribution in [0.4, 0.5) is 0 Å². The molecule has 0 aromatic heterocycles. The van der Waals surface area contributed by atoms with Crippen molar-refractivity contribution in [2.75, 3.05) is 0 Å². The fourth-order valence-electron chi connectivity index (χ4n) is 1.53. The maximum atomic E-state index is 3.68. The fraction of sp³-hybridized carbons (Fsp3) is 0.556. The van der Waals surface area contributed by atoms with E-state index < -0.39 is 0 Å². The summed E-state index contributed by atoms with van der Waals surface area (Å²) in [6, 6.07) is 0. The van der Waals surface area contributed by atoms with Crippen molar-refractivity contribution in [2.24, 2.45) is 11.8 Å². The summed E-state index contributed by atoms with van der Waals surface area (Å²) in [7, 11) is 0. The number of hydrogen-bond donors (Lipinski definition) is 0. The van der Waals surface area contributed by atoms with Gasteiger partial charge in [-0.15, -0.1) is 0 Å². The Morgan fingerprint density at radius 3 is 2.45 bits per heavy atom. The zero-order chi connectivity index (χ0) is 7.90. The molecule has 2 aliphatic carbocycles. The third kappa shape index (κ3) is 1.62. The van der Waals surface area contributed by atoms with Gasteiger partial charge in [0.25, 0.3) is 0 Å². The molecule has 0 bridgehead atoms. The molecule has 60 valence electrons. The molecule has 2 heteroatoms. The van der Waals surface area contributed by atoms with Crippen LogP contribution >= 0.6 is 31.9 Å². The monoisotopic (exact) mass is 276 g/mol. The van der Waals surface area contributed by atoms with Crippen molar-refractivity contribution in [1.82, 2.24) is 0 Å². The summed E-state index contributed by atoms with van der Waals surface area (Å²) in [6.45, 7) is 0. The lowest BCUT2D eigenvalue weighted by Crippen LogP contribution is -2.23. The molecule has 1 atom stereocenters. The average Bonchev–Trinajstić information content (AvgIpc) is 2.69. The van der Waals surface area contributed by atoms with Crippen LogP contribution < -0.4 is 0 Å². The smallest absolute Gasteiger partial charge is 0.0786 e. The minimum atomic E-state index is 0.0376. The second-order valence-electron chi connectivity index (χ2n) is 3.28. The Kier molecular flexibility index (Phi) is 2.00. The van der Waals surface area contributed by atoms with Crippen LogP contribution in [0, 0.1) is 11.8 Å². The summed E-state index contributed by atoms with van der Waals surface area (Å²) in [6.07, 6.45) is 11.5. The van der Waals surface area contributed by atoms with Crippen LogP contribution in [0.2, 0.25) is 0 Å². The summed E-state index contributed by atoms with van der Waals surface area (Å²) in [5.74, 6) is 1.54. The first-order valence-electron chi connectivity index (χ1n) is 3.94. The van der Waals surface area contributed by atoms with Crippen molar-refractivity contribution < 1.29 is 0 Å². The Bertz CT molecular complexity index is 212. The van der Waals surface area contributed by atoms with Gasteiger partial charge in [-0.1, -0.05) is 56.2 Å². The van der Waals surface area contributed by atoms with E-state index in [9.17, 15) is 0 Å². The van der Waals surface area contributed by atoms with Crippen LogP contribution in [-0.4, -0.2) is 3.23 Å². The summed E-state index contributed by atoms with van der Waals surface area (Å²) < 4.78 is 0.0376. The lowest BCUT2D eigenvalue weighted by molar-refractivity contribution is 0.571. The highest BCUT2D eigenvalue weighted by molar-refractivity contribution is 9.25. The standard InChI is InChI=1S/C9H10Br2/c10-9(11)6-2-1-3-8(9)7-4-5-7/h1-3,6-8H,4-5H2. The predicted molar refractivity (Wildman–Crippen MR) is 55.1 cm³/mol. The highest BCUT2D eigenvalue weighted by Gasteiger charge is 2.41. The quantitative estimate of drug-likeness (QED) is 0.642. The number of alkyl halides is 2. The first kappa shape index (κ1) is 8.06. The third-order valence-corrected chi connectivity index (χ3v) is 3.91. The van der Waals surface area contributed by atoms with Crippen molar-refractivity contribution in [1.29, 1.82) is 0 Å². The predicted octanol–water partition coefficient (Wildman–Crippen LogP) is 3.62. The first-order chi connectivity index (χ1) is 5.20. The Morgan fingerprint density at radius 1 is 1.18 bits per heavy atom. The van der Waals surface area contributed by atoms with Gasteiger partial charge in [-0.05, 0) is 18.8 Å². The molecular formula is C9H10Br2. The normalized spacial score (nSPS) is 34.2. The van der Waals surface area contributed by atoms with Gasteiger partial charge in [-0.25, -0.2) is 0 Å². The van der Waals surface area contributed by atoms with Gasteiger partial charge < -0.3 is 0 Å². The Morgan fingerprint density at radius 2 is 1.91 bits per heavy atom. The average molecular weight is 278 g/mol. The van der Waals surface area contributed by atoms with E-state index in [1.54, 1.807) is 0 Å². The van der Waals surface area contributed by atoms with Crippen molar-refractivity contribution in [3.05, 3.63) is 24.3 Å². The minimum Gasteiger partial charge on any atom is -0.0786 e. The van der Waals surface area contributed by atoms with Gasteiger partial charge in [0.2, 0.25) is 0 Å². The molecule has 2 rings (SSSR count). The molecule has 0 heterocycles. The molecule has 0 amide bonds. The van der Waals surface area contributed by atoms with Gasteiger partial charge in [0.1, 0.15) is 3.23 Å². The van der Waals surface area contributed by atoms with E-state index >= 15 is 0 Å². The van der Waals surface area contributed by atoms with Crippen LogP contribution in [0.15, 0.2) is 24.3 Å². The largest absolute Gasteiger partial charge is 0.105 e. The van der Waals surface area contributed by atoms with Crippen LogP contribution in [-0.2, 0) is 0 Å². The van der Waals surface area contributed by atoms with Gasteiger partial charge in [-0.3, -0.25) is 0 Å². The molecule has 2 aliphatic rings. The van der Waals surface area contributed by atoms with Crippen molar-refractivity contribution in [3.63, 3.8) is 0 Å². The summed E-state index contributed by atoms with van der Waals surface area (Å²) in [4.78, 5) is 0. The number of halogens is 2. The van der Waals surface area contributed by atoms with Crippen molar-refractivity contribution in [3.8, 4) is 0 Å². The van der Waals surface area contributed by atoms with Crippen LogP contribution in [0.25, 0.3) is 0 Å². The highest BCUT2D eigenvalue weighted by atomic mass is 79.9. The number of hydrogen-bond acceptors (Lipinski definition) is 0. The van der Waals surface area contributed by atoms with Crippen LogP contribution in [0.3, 0.4) is 0 Å². The lowest BCUT2D eigenvalue weighted by Gasteiger charge is -2.27. The summed E-state index contributed by atoms with van der Waals surface area (Å²) in [5.41, 5.74) is 0. The molecule has 0 radical (unpaired) electrons. The minimum absolute atomic E-state index is 0.0376. The zero-order valence-electron chi connectivity index (χ0n) is 6.13. The molecule has 0 saturated heterocycles. The molecule has 1 saturated carbocycles. The molecule has 0 spiro atoms. The van der Waals surface area contributed by atoms with Gasteiger partial charge in [0, 0.05) is 5.92 Å². The first-order valence-corrected chi connectivity index (χ1v) is 5.52. The zero-order valence-corrected chi connectivity index (χ0v) is 9.31. The van der Waals surface area contributed by atoms with Gasteiger partial charge in [0.05, 0.1) is 0 Å². The Hall–Kier alpha value is 0.440. The highest BCUT2D eigenvalue weighted by Crippen LogP contribution is 2.50. The molecule has 0 aliphatic heterocycles. The molecule has 0 N–H and O–H groups in total. The fourth-order valence-corrected chi connectivity index (χ4v) is 2.89. The van der Waals surface area contributed by atoms with E-state index in [0.717, 1.165) is 5.92 Å². The van der Waals surface area contributed by atoms with E-state index in [-0.39, 0.29) is 3.23 Å². The number of rotatable bonds is 1. The topological polar surface area (TPSA) is 0 Å². The van der Waals surface area contributed by atoms with Crippen LogP contribution in [0.1, 0.15) is 12.8 Å². The molecule has 0 nitrogen and oxygen atoms in total. The van der Waals surface area contributed by atoms with Crippen molar-refractivity contribution in [2.45, 2.75) is 16.1 Å². The van der Waals surface area contributed by atoms with Gasteiger partial charge in [0.15, 0.2) is 0 Å². The molecule has 1 fully saturated rings.